The number of hydrogen-bond donors (Lipinski definition) is 2. The lowest BCUT2D eigenvalue weighted by Gasteiger charge is -2.50. The van der Waals surface area contributed by atoms with E-state index < -0.39 is 0 Å². The molecule has 2 amide bonds. The molecular formula is C11H22N4O. The summed E-state index contributed by atoms with van der Waals surface area (Å²) in [6.45, 7) is 4.71. The summed E-state index contributed by atoms with van der Waals surface area (Å²) in [5, 5.41) is 6.79. The molecule has 16 heavy (non-hydrogen) atoms. The van der Waals surface area contributed by atoms with E-state index >= 15 is 0 Å². The van der Waals surface area contributed by atoms with Crippen molar-refractivity contribution in [1.29, 1.82) is 0 Å². The van der Waals surface area contributed by atoms with E-state index in [2.05, 4.69) is 15.5 Å². The third kappa shape index (κ3) is 2.01. The molecule has 0 aliphatic carbocycles. The fraction of sp³-hybridized carbons (Fsp3) is 0.909. The summed E-state index contributed by atoms with van der Waals surface area (Å²) in [5.74, 6) is 0. The van der Waals surface area contributed by atoms with Crippen LogP contribution in [0.3, 0.4) is 0 Å². The Labute approximate surface area is 97.2 Å². The first-order valence-electron chi connectivity index (χ1n) is 6.06. The van der Waals surface area contributed by atoms with E-state index in [-0.39, 0.29) is 11.6 Å². The maximum Gasteiger partial charge on any atom is 0.320 e. The Hall–Kier alpha value is -0.810. The molecule has 0 unspecified atom stereocenters. The lowest BCUT2D eigenvalue weighted by Crippen LogP contribution is -2.67. The first-order chi connectivity index (χ1) is 7.66. The monoisotopic (exact) mass is 226 g/mol. The Morgan fingerprint density at radius 2 is 1.88 bits per heavy atom. The molecular weight excluding hydrogens is 204 g/mol. The van der Waals surface area contributed by atoms with Crippen LogP contribution in [0, 0.1) is 0 Å². The molecule has 0 bridgehead atoms. The number of hydrogen-bond acceptors (Lipinski definition) is 3. The number of carbonyl (C=O) groups excluding carboxylic acids is 1. The molecule has 0 atom stereocenters. The second-order valence-corrected chi connectivity index (χ2v) is 4.98. The molecule has 2 fully saturated rings. The minimum absolute atomic E-state index is 0.0465. The predicted octanol–water partition coefficient (Wildman–Crippen LogP) is -0.305. The maximum absolute atomic E-state index is 12.2. The number of piperidine rings is 1. The fourth-order valence-corrected chi connectivity index (χ4v) is 2.72. The number of nitrogens with zero attached hydrogens (tertiary/aromatic N) is 2. The van der Waals surface area contributed by atoms with Gasteiger partial charge in [-0.1, -0.05) is 0 Å². The zero-order valence-electron chi connectivity index (χ0n) is 10.3. The van der Waals surface area contributed by atoms with Crippen LogP contribution in [0.5, 0.6) is 0 Å². The molecule has 0 aromatic heterocycles. The van der Waals surface area contributed by atoms with E-state index in [1.807, 2.05) is 14.1 Å². The van der Waals surface area contributed by atoms with Gasteiger partial charge in [-0.05, 0) is 25.9 Å². The van der Waals surface area contributed by atoms with Crippen LogP contribution in [0.25, 0.3) is 0 Å². The fourth-order valence-electron chi connectivity index (χ4n) is 2.72. The standard InChI is InChI=1S/C11H22N4O/c1-14(2)10(16)15-8-7-13-9-11(15)3-5-12-6-4-11/h12-13H,3-9H2,1-2H3. The van der Waals surface area contributed by atoms with E-state index in [1.54, 1.807) is 4.90 Å². The number of carbonyl (C=O) groups is 1. The lowest BCUT2D eigenvalue weighted by molar-refractivity contribution is 0.0503. The SMILES string of the molecule is CN(C)C(=O)N1CCNCC12CCNCC2. The van der Waals surface area contributed by atoms with Crippen molar-refractivity contribution in [2.45, 2.75) is 18.4 Å². The highest BCUT2D eigenvalue weighted by atomic mass is 16.2. The van der Waals surface area contributed by atoms with Gasteiger partial charge in [-0.15, -0.1) is 0 Å². The third-order valence-electron chi connectivity index (χ3n) is 3.69. The minimum Gasteiger partial charge on any atom is -0.331 e. The molecule has 2 aliphatic heterocycles. The molecule has 2 N–H and O–H groups in total. The quantitative estimate of drug-likeness (QED) is 0.596. The van der Waals surface area contributed by atoms with Gasteiger partial charge in [0.05, 0.1) is 5.54 Å². The molecule has 2 heterocycles. The van der Waals surface area contributed by atoms with Crippen LogP contribution in [0.4, 0.5) is 4.79 Å². The Kier molecular flexibility index (Phi) is 3.35. The van der Waals surface area contributed by atoms with Crippen molar-refractivity contribution < 1.29 is 4.79 Å². The van der Waals surface area contributed by atoms with Gasteiger partial charge in [0.2, 0.25) is 0 Å². The summed E-state index contributed by atoms with van der Waals surface area (Å²) in [6.07, 6.45) is 2.11. The second-order valence-electron chi connectivity index (χ2n) is 4.98. The summed E-state index contributed by atoms with van der Waals surface area (Å²) in [5.41, 5.74) is 0.0465. The van der Waals surface area contributed by atoms with E-state index in [0.717, 1.165) is 45.6 Å². The van der Waals surface area contributed by atoms with Crippen molar-refractivity contribution in [3.05, 3.63) is 0 Å². The highest BCUT2D eigenvalue weighted by Crippen LogP contribution is 2.28. The Bertz CT molecular complexity index is 252. The Morgan fingerprint density at radius 1 is 1.19 bits per heavy atom. The topological polar surface area (TPSA) is 47.6 Å². The molecule has 2 rings (SSSR count). The highest BCUT2D eigenvalue weighted by Gasteiger charge is 2.42. The predicted molar refractivity (Wildman–Crippen MR) is 63.5 cm³/mol. The van der Waals surface area contributed by atoms with Gasteiger partial charge < -0.3 is 20.4 Å². The second kappa shape index (κ2) is 4.59. The number of piperazine rings is 1. The van der Waals surface area contributed by atoms with Crippen LogP contribution in [0.2, 0.25) is 0 Å². The lowest BCUT2D eigenvalue weighted by atomic mass is 9.85. The third-order valence-corrected chi connectivity index (χ3v) is 3.69. The summed E-state index contributed by atoms with van der Waals surface area (Å²) in [4.78, 5) is 15.9. The van der Waals surface area contributed by atoms with Crippen molar-refractivity contribution in [2.24, 2.45) is 0 Å². The minimum atomic E-state index is 0.0465. The molecule has 2 aliphatic rings. The first kappa shape index (κ1) is 11.7. The molecule has 0 radical (unpaired) electrons. The van der Waals surface area contributed by atoms with Crippen molar-refractivity contribution in [3.63, 3.8) is 0 Å². The van der Waals surface area contributed by atoms with Crippen LogP contribution in [0.15, 0.2) is 0 Å². The van der Waals surface area contributed by atoms with Crippen LogP contribution in [0.1, 0.15) is 12.8 Å². The van der Waals surface area contributed by atoms with Gasteiger partial charge in [0, 0.05) is 33.7 Å². The van der Waals surface area contributed by atoms with Crippen LogP contribution in [-0.2, 0) is 0 Å². The molecule has 5 nitrogen and oxygen atoms in total. The van der Waals surface area contributed by atoms with Gasteiger partial charge >= 0.3 is 6.03 Å². The van der Waals surface area contributed by atoms with Crippen molar-refractivity contribution >= 4 is 6.03 Å². The average Bonchev–Trinajstić information content (AvgIpc) is 2.30. The first-order valence-corrected chi connectivity index (χ1v) is 6.06. The molecule has 2 saturated heterocycles. The Morgan fingerprint density at radius 3 is 2.50 bits per heavy atom. The number of nitrogens with one attached hydrogen (secondary N) is 2. The molecule has 0 aromatic carbocycles. The summed E-state index contributed by atoms with van der Waals surface area (Å²) in [7, 11) is 3.66. The van der Waals surface area contributed by atoms with E-state index in [1.165, 1.54) is 0 Å². The Balaban J connectivity index is 2.15. The number of urea groups is 1. The summed E-state index contributed by atoms with van der Waals surface area (Å²) in [6, 6.07) is 0.156. The zero-order chi connectivity index (χ0) is 11.6. The molecule has 5 heteroatoms. The van der Waals surface area contributed by atoms with Gasteiger partial charge in [0.15, 0.2) is 0 Å². The summed E-state index contributed by atoms with van der Waals surface area (Å²) < 4.78 is 0. The average molecular weight is 226 g/mol. The van der Waals surface area contributed by atoms with Gasteiger partial charge in [0.1, 0.15) is 0 Å². The number of amides is 2. The van der Waals surface area contributed by atoms with E-state index in [9.17, 15) is 4.79 Å². The van der Waals surface area contributed by atoms with Gasteiger partial charge in [-0.3, -0.25) is 0 Å². The molecule has 0 saturated carbocycles. The highest BCUT2D eigenvalue weighted by molar-refractivity contribution is 5.75. The van der Waals surface area contributed by atoms with E-state index in [4.69, 9.17) is 0 Å². The molecule has 0 aromatic rings. The maximum atomic E-state index is 12.2. The van der Waals surface area contributed by atoms with Gasteiger partial charge in [-0.2, -0.15) is 0 Å². The van der Waals surface area contributed by atoms with Crippen LogP contribution < -0.4 is 10.6 Å². The number of rotatable bonds is 0. The largest absolute Gasteiger partial charge is 0.331 e. The summed E-state index contributed by atoms with van der Waals surface area (Å²) >= 11 is 0. The van der Waals surface area contributed by atoms with Crippen molar-refractivity contribution in [3.8, 4) is 0 Å². The van der Waals surface area contributed by atoms with Gasteiger partial charge in [-0.25, -0.2) is 4.79 Å². The molecule has 1 spiro atoms. The van der Waals surface area contributed by atoms with Crippen LogP contribution >= 0.6 is 0 Å². The normalized spacial score (nSPS) is 24.5. The van der Waals surface area contributed by atoms with Crippen LogP contribution in [-0.4, -0.2) is 68.2 Å². The zero-order valence-corrected chi connectivity index (χ0v) is 10.3. The van der Waals surface area contributed by atoms with E-state index in [0.29, 0.717) is 0 Å². The smallest absolute Gasteiger partial charge is 0.320 e. The van der Waals surface area contributed by atoms with Gasteiger partial charge in [0.25, 0.3) is 0 Å². The van der Waals surface area contributed by atoms with Crippen molar-refractivity contribution in [1.82, 2.24) is 20.4 Å². The molecule has 92 valence electrons. The van der Waals surface area contributed by atoms with Crippen molar-refractivity contribution in [2.75, 3.05) is 46.8 Å².